The van der Waals surface area contributed by atoms with Crippen molar-refractivity contribution in [2.45, 2.75) is 6.92 Å². The Bertz CT molecular complexity index is 579. The third kappa shape index (κ3) is 1.93. The lowest BCUT2D eigenvalue weighted by Crippen LogP contribution is -2.07. The second kappa shape index (κ2) is 4.41. The molecule has 1 aromatic carbocycles. The number of ether oxygens (including phenoxy) is 1. The number of nitrogens with one attached hydrogen (secondary N) is 1. The standard InChI is InChI=1S/C13H14N2O2/c1-8-4-5-11-9(6-8)12(14-2)10(7-15-11)13(16)17-3/h4-7H,1-3H3,(H,14,15). The van der Waals surface area contributed by atoms with Crippen LogP contribution in [0, 0.1) is 6.92 Å². The molecule has 0 unspecified atom stereocenters. The predicted octanol–water partition coefficient (Wildman–Crippen LogP) is 2.37. The minimum Gasteiger partial charge on any atom is -0.465 e. The summed E-state index contributed by atoms with van der Waals surface area (Å²) < 4.78 is 4.74. The molecule has 1 heterocycles. The molecular formula is C13H14N2O2. The van der Waals surface area contributed by atoms with Gasteiger partial charge < -0.3 is 10.1 Å². The van der Waals surface area contributed by atoms with Crippen molar-refractivity contribution in [1.82, 2.24) is 4.98 Å². The number of hydrogen-bond acceptors (Lipinski definition) is 4. The van der Waals surface area contributed by atoms with E-state index in [-0.39, 0.29) is 5.97 Å². The summed E-state index contributed by atoms with van der Waals surface area (Å²) in [5.74, 6) is -0.384. The first kappa shape index (κ1) is 11.4. The van der Waals surface area contributed by atoms with E-state index in [2.05, 4.69) is 10.3 Å². The van der Waals surface area contributed by atoms with Gasteiger partial charge in [0.1, 0.15) is 5.56 Å². The Morgan fingerprint density at radius 1 is 1.41 bits per heavy atom. The number of methoxy groups -OCH3 is 1. The number of benzene rings is 1. The highest BCUT2D eigenvalue weighted by Crippen LogP contribution is 2.26. The van der Waals surface area contributed by atoms with Crippen LogP contribution in [0.1, 0.15) is 15.9 Å². The third-order valence-corrected chi connectivity index (χ3v) is 2.68. The van der Waals surface area contributed by atoms with Crippen LogP contribution >= 0.6 is 0 Å². The number of carbonyl (C=O) groups excluding carboxylic acids is 1. The molecule has 0 spiro atoms. The van der Waals surface area contributed by atoms with Gasteiger partial charge in [0, 0.05) is 18.6 Å². The van der Waals surface area contributed by atoms with Crippen LogP contribution < -0.4 is 5.32 Å². The highest BCUT2D eigenvalue weighted by atomic mass is 16.5. The van der Waals surface area contributed by atoms with Crippen molar-refractivity contribution < 1.29 is 9.53 Å². The summed E-state index contributed by atoms with van der Waals surface area (Å²) in [7, 11) is 3.14. The lowest BCUT2D eigenvalue weighted by atomic mass is 10.1. The zero-order chi connectivity index (χ0) is 12.4. The van der Waals surface area contributed by atoms with Gasteiger partial charge in [0.15, 0.2) is 0 Å². The molecule has 88 valence electrons. The molecule has 0 aliphatic carbocycles. The molecule has 1 N–H and O–H groups in total. The van der Waals surface area contributed by atoms with Crippen LogP contribution in [-0.4, -0.2) is 25.1 Å². The fourth-order valence-corrected chi connectivity index (χ4v) is 1.84. The summed E-state index contributed by atoms with van der Waals surface area (Å²) in [4.78, 5) is 15.9. The lowest BCUT2D eigenvalue weighted by molar-refractivity contribution is 0.0601. The molecule has 0 aliphatic rings. The van der Waals surface area contributed by atoms with Gasteiger partial charge in [-0.15, -0.1) is 0 Å². The molecule has 0 amide bonds. The average molecular weight is 230 g/mol. The fraction of sp³-hybridized carbons (Fsp3) is 0.231. The van der Waals surface area contributed by atoms with E-state index in [1.165, 1.54) is 13.3 Å². The van der Waals surface area contributed by atoms with E-state index in [0.29, 0.717) is 5.56 Å². The molecule has 4 nitrogen and oxygen atoms in total. The first-order chi connectivity index (χ1) is 8.17. The zero-order valence-corrected chi connectivity index (χ0v) is 10.1. The topological polar surface area (TPSA) is 51.2 Å². The monoisotopic (exact) mass is 230 g/mol. The van der Waals surface area contributed by atoms with Crippen molar-refractivity contribution in [3.8, 4) is 0 Å². The van der Waals surface area contributed by atoms with Gasteiger partial charge >= 0.3 is 5.97 Å². The third-order valence-electron chi connectivity index (χ3n) is 2.68. The molecule has 0 bridgehead atoms. The van der Waals surface area contributed by atoms with E-state index in [1.807, 2.05) is 25.1 Å². The number of esters is 1. The SMILES string of the molecule is CNc1c(C(=O)OC)cnc2ccc(C)cc12. The highest BCUT2D eigenvalue weighted by molar-refractivity contribution is 6.04. The van der Waals surface area contributed by atoms with Crippen LogP contribution in [0.4, 0.5) is 5.69 Å². The van der Waals surface area contributed by atoms with E-state index in [9.17, 15) is 4.79 Å². The van der Waals surface area contributed by atoms with Crippen molar-refractivity contribution in [3.05, 3.63) is 35.5 Å². The zero-order valence-electron chi connectivity index (χ0n) is 10.1. The normalized spacial score (nSPS) is 10.3. The van der Waals surface area contributed by atoms with Crippen molar-refractivity contribution in [1.29, 1.82) is 0 Å². The summed E-state index contributed by atoms with van der Waals surface area (Å²) in [5.41, 5.74) is 3.18. The summed E-state index contributed by atoms with van der Waals surface area (Å²) >= 11 is 0. The molecule has 0 saturated carbocycles. The Labute approximate surface area is 99.6 Å². The van der Waals surface area contributed by atoms with Crippen molar-refractivity contribution in [2.75, 3.05) is 19.5 Å². The summed E-state index contributed by atoms with van der Waals surface area (Å²) in [6.07, 6.45) is 1.54. The van der Waals surface area contributed by atoms with Gasteiger partial charge in [-0.05, 0) is 19.1 Å². The largest absolute Gasteiger partial charge is 0.465 e. The first-order valence-electron chi connectivity index (χ1n) is 5.33. The molecular weight excluding hydrogens is 216 g/mol. The fourth-order valence-electron chi connectivity index (χ4n) is 1.84. The van der Waals surface area contributed by atoms with E-state index in [0.717, 1.165) is 22.2 Å². The molecule has 1 aromatic heterocycles. The number of aromatic nitrogens is 1. The number of hydrogen-bond donors (Lipinski definition) is 1. The highest BCUT2D eigenvalue weighted by Gasteiger charge is 2.14. The lowest BCUT2D eigenvalue weighted by Gasteiger charge is -2.10. The maximum atomic E-state index is 11.6. The molecule has 0 radical (unpaired) electrons. The van der Waals surface area contributed by atoms with Gasteiger partial charge in [0.2, 0.25) is 0 Å². The van der Waals surface area contributed by atoms with Gasteiger partial charge in [-0.2, -0.15) is 0 Å². The van der Waals surface area contributed by atoms with E-state index in [4.69, 9.17) is 4.74 Å². The first-order valence-corrected chi connectivity index (χ1v) is 5.33. The number of rotatable bonds is 2. The van der Waals surface area contributed by atoms with Crippen LogP contribution in [0.15, 0.2) is 24.4 Å². The van der Waals surface area contributed by atoms with Crippen LogP contribution in [0.25, 0.3) is 10.9 Å². The summed E-state index contributed by atoms with van der Waals surface area (Å²) in [5, 5.41) is 3.97. The van der Waals surface area contributed by atoms with Gasteiger partial charge in [-0.1, -0.05) is 11.6 Å². The van der Waals surface area contributed by atoms with Gasteiger partial charge in [-0.25, -0.2) is 4.79 Å². The minimum absolute atomic E-state index is 0.384. The Balaban J connectivity index is 2.76. The van der Waals surface area contributed by atoms with Crippen LogP contribution in [0.5, 0.6) is 0 Å². The van der Waals surface area contributed by atoms with Crippen LogP contribution in [0.3, 0.4) is 0 Å². The van der Waals surface area contributed by atoms with E-state index >= 15 is 0 Å². The second-order valence-corrected chi connectivity index (χ2v) is 3.81. The van der Waals surface area contributed by atoms with Crippen LogP contribution in [-0.2, 0) is 4.74 Å². The molecule has 4 heteroatoms. The van der Waals surface area contributed by atoms with E-state index < -0.39 is 0 Å². The van der Waals surface area contributed by atoms with Gasteiger partial charge in [0.25, 0.3) is 0 Å². The molecule has 0 fully saturated rings. The Morgan fingerprint density at radius 2 is 2.18 bits per heavy atom. The number of carbonyl (C=O) groups is 1. The number of anilines is 1. The second-order valence-electron chi connectivity index (χ2n) is 3.81. The maximum Gasteiger partial charge on any atom is 0.341 e. The summed E-state index contributed by atoms with van der Waals surface area (Å²) in [6.45, 7) is 2.00. The smallest absolute Gasteiger partial charge is 0.341 e. The average Bonchev–Trinajstić information content (AvgIpc) is 2.36. The Kier molecular flexibility index (Phi) is 2.95. The number of aryl methyl sites for hydroxylation is 1. The number of pyridine rings is 1. The Hall–Kier alpha value is -2.10. The Morgan fingerprint density at radius 3 is 2.82 bits per heavy atom. The molecule has 2 rings (SSSR count). The molecule has 2 aromatic rings. The predicted molar refractivity (Wildman–Crippen MR) is 67.4 cm³/mol. The maximum absolute atomic E-state index is 11.6. The molecule has 0 saturated heterocycles. The molecule has 17 heavy (non-hydrogen) atoms. The van der Waals surface area contributed by atoms with Gasteiger partial charge in [-0.3, -0.25) is 4.98 Å². The van der Waals surface area contributed by atoms with Crippen molar-refractivity contribution >= 4 is 22.6 Å². The minimum atomic E-state index is -0.384. The van der Waals surface area contributed by atoms with Crippen LogP contribution in [0.2, 0.25) is 0 Å². The quantitative estimate of drug-likeness (QED) is 0.805. The molecule has 0 atom stereocenters. The van der Waals surface area contributed by atoms with E-state index in [1.54, 1.807) is 7.05 Å². The summed E-state index contributed by atoms with van der Waals surface area (Å²) in [6, 6.07) is 5.93. The van der Waals surface area contributed by atoms with Crippen molar-refractivity contribution in [3.63, 3.8) is 0 Å². The number of fused-ring (bicyclic) bond motifs is 1. The van der Waals surface area contributed by atoms with Gasteiger partial charge in [0.05, 0.1) is 18.3 Å². The number of nitrogens with zero attached hydrogens (tertiary/aromatic N) is 1. The van der Waals surface area contributed by atoms with Crippen molar-refractivity contribution in [2.24, 2.45) is 0 Å². The molecule has 0 aliphatic heterocycles.